The molecule has 0 saturated heterocycles. The van der Waals surface area contributed by atoms with Crippen LogP contribution in [-0.4, -0.2) is 17.1 Å². The molecule has 2 heterocycles. The van der Waals surface area contributed by atoms with Crippen molar-refractivity contribution in [1.29, 1.82) is 0 Å². The van der Waals surface area contributed by atoms with Gasteiger partial charge in [0.25, 0.3) is 0 Å². The fourth-order valence-electron chi connectivity index (χ4n) is 2.12. The number of aromatic nitrogens is 2. The highest BCUT2D eigenvalue weighted by molar-refractivity contribution is 7.18. The van der Waals surface area contributed by atoms with Crippen LogP contribution in [0.2, 0.25) is 0 Å². The van der Waals surface area contributed by atoms with Gasteiger partial charge in [-0.05, 0) is 30.7 Å². The van der Waals surface area contributed by atoms with Gasteiger partial charge in [0.2, 0.25) is 0 Å². The van der Waals surface area contributed by atoms with Crippen molar-refractivity contribution >= 4 is 27.4 Å². The van der Waals surface area contributed by atoms with E-state index in [-0.39, 0.29) is 11.6 Å². The first-order chi connectivity index (χ1) is 10.2. The molecule has 0 atom stereocenters. The summed E-state index contributed by atoms with van der Waals surface area (Å²) < 4.78 is 18.6. The molecular weight excluding hydrogens is 289 g/mol. The van der Waals surface area contributed by atoms with Crippen molar-refractivity contribution in [2.45, 2.75) is 13.5 Å². The first-order valence-corrected chi connectivity index (χ1v) is 7.26. The molecule has 1 aromatic carbocycles. The molecule has 2 aromatic heterocycles. The molecule has 0 radical (unpaired) electrons. The second kappa shape index (κ2) is 5.65. The Morgan fingerprint density at radius 1 is 1.29 bits per heavy atom. The first-order valence-electron chi connectivity index (χ1n) is 6.45. The van der Waals surface area contributed by atoms with Gasteiger partial charge >= 0.3 is 0 Å². The van der Waals surface area contributed by atoms with Gasteiger partial charge in [0.05, 0.1) is 12.5 Å². The maximum atomic E-state index is 13.7. The summed E-state index contributed by atoms with van der Waals surface area (Å²) in [4.78, 5) is 10.6. The lowest BCUT2D eigenvalue weighted by Crippen LogP contribution is -2.02. The van der Waals surface area contributed by atoms with Crippen LogP contribution in [0.25, 0.3) is 10.2 Å². The van der Waals surface area contributed by atoms with E-state index in [1.54, 1.807) is 17.4 Å². The largest absolute Gasteiger partial charge is 0.494 e. The molecule has 6 heteroatoms. The molecule has 0 amide bonds. The van der Waals surface area contributed by atoms with Crippen LogP contribution >= 0.6 is 11.3 Å². The van der Waals surface area contributed by atoms with Crippen LogP contribution in [0.3, 0.4) is 0 Å². The van der Waals surface area contributed by atoms with Crippen molar-refractivity contribution in [3.05, 3.63) is 46.9 Å². The summed E-state index contributed by atoms with van der Waals surface area (Å²) in [6.45, 7) is 2.52. The van der Waals surface area contributed by atoms with Crippen molar-refractivity contribution in [1.82, 2.24) is 9.97 Å². The predicted molar refractivity (Wildman–Crippen MR) is 82.4 cm³/mol. The van der Waals surface area contributed by atoms with E-state index in [0.29, 0.717) is 6.54 Å². The molecule has 0 bridgehead atoms. The van der Waals surface area contributed by atoms with Gasteiger partial charge in [0.15, 0.2) is 11.6 Å². The van der Waals surface area contributed by atoms with Crippen LogP contribution in [0.1, 0.15) is 10.4 Å². The van der Waals surface area contributed by atoms with Crippen molar-refractivity contribution in [2.24, 2.45) is 0 Å². The average Bonchev–Trinajstić information content (AvgIpc) is 2.86. The van der Waals surface area contributed by atoms with Gasteiger partial charge in [0, 0.05) is 11.4 Å². The summed E-state index contributed by atoms with van der Waals surface area (Å²) in [5.74, 6) is 0.647. The monoisotopic (exact) mass is 303 g/mol. The standard InChI is InChI=1S/C15H14FN3OS/c1-9-5-11-14(18-8-19-15(11)21-9)17-7-10-3-4-13(20-2)12(16)6-10/h3-6,8H,7H2,1-2H3,(H,17,18,19). The van der Waals surface area contributed by atoms with Gasteiger partial charge in [-0.15, -0.1) is 11.3 Å². The number of anilines is 1. The Balaban J connectivity index is 1.81. The number of fused-ring (bicyclic) bond motifs is 1. The molecule has 0 fully saturated rings. The minimum Gasteiger partial charge on any atom is -0.494 e. The summed E-state index contributed by atoms with van der Waals surface area (Å²) in [6, 6.07) is 6.96. The Labute approximate surface area is 125 Å². The number of ether oxygens (including phenoxy) is 1. The van der Waals surface area contributed by atoms with E-state index in [1.807, 2.05) is 13.0 Å². The molecular formula is C15H14FN3OS. The number of rotatable bonds is 4. The zero-order valence-corrected chi connectivity index (χ0v) is 12.5. The molecule has 0 aliphatic rings. The maximum Gasteiger partial charge on any atom is 0.165 e. The number of thiophene rings is 1. The number of aryl methyl sites for hydroxylation is 1. The minimum atomic E-state index is -0.365. The zero-order chi connectivity index (χ0) is 14.8. The summed E-state index contributed by atoms with van der Waals surface area (Å²) in [6.07, 6.45) is 1.54. The lowest BCUT2D eigenvalue weighted by atomic mass is 10.2. The molecule has 0 spiro atoms. The van der Waals surface area contributed by atoms with Gasteiger partial charge in [-0.1, -0.05) is 6.07 Å². The zero-order valence-electron chi connectivity index (χ0n) is 11.7. The summed E-state index contributed by atoms with van der Waals surface area (Å²) in [7, 11) is 1.45. The van der Waals surface area contributed by atoms with Crippen LogP contribution in [0.5, 0.6) is 5.75 Å². The Bertz CT molecular complexity index is 788. The van der Waals surface area contributed by atoms with Crippen LogP contribution in [0, 0.1) is 12.7 Å². The maximum absolute atomic E-state index is 13.7. The molecule has 3 aromatic rings. The third kappa shape index (κ3) is 2.80. The molecule has 0 saturated carbocycles. The third-order valence-corrected chi connectivity index (χ3v) is 4.09. The van der Waals surface area contributed by atoms with Crippen molar-refractivity contribution in [3.63, 3.8) is 0 Å². The molecule has 0 aliphatic heterocycles. The first kappa shape index (κ1) is 13.8. The highest BCUT2D eigenvalue weighted by Gasteiger charge is 2.08. The number of hydrogen-bond acceptors (Lipinski definition) is 5. The average molecular weight is 303 g/mol. The SMILES string of the molecule is COc1ccc(CNc2ncnc3sc(C)cc23)cc1F. The number of nitrogens with zero attached hydrogens (tertiary/aromatic N) is 2. The van der Waals surface area contributed by atoms with Crippen LogP contribution in [0.15, 0.2) is 30.6 Å². The molecule has 21 heavy (non-hydrogen) atoms. The fraction of sp³-hybridized carbons (Fsp3) is 0.200. The normalized spacial score (nSPS) is 10.8. The van der Waals surface area contributed by atoms with Crippen LogP contribution < -0.4 is 10.1 Å². The predicted octanol–water partition coefficient (Wildman–Crippen LogP) is 3.76. The van der Waals surface area contributed by atoms with Crippen molar-refractivity contribution < 1.29 is 9.13 Å². The Kier molecular flexibility index (Phi) is 3.70. The quantitative estimate of drug-likeness (QED) is 0.797. The molecule has 4 nitrogen and oxygen atoms in total. The number of hydrogen-bond donors (Lipinski definition) is 1. The Morgan fingerprint density at radius 2 is 2.14 bits per heavy atom. The smallest absolute Gasteiger partial charge is 0.165 e. The molecule has 3 rings (SSSR count). The second-order valence-corrected chi connectivity index (χ2v) is 5.86. The number of nitrogens with one attached hydrogen (secondary N) is 1. The molecule has 0 aliphatic carbocycles. The fourth-order valence-corrected chi connectivity index (χ4v) is 2.97. The van der Waals surface area contributed by atoms with Crippen molar-refractivity contribution in [2.75, 3.05) is 12.4 Å². The second-order valence-electron chi connectivity index (χ2n) is 4.62. The molecule has 108 valence electrons. The van der Waals surface area contributed by atoms with Gasteiger partial charge < -0.3 is 10.1 Å². The van der Waals surface area contributed by atoms with Crippen LogP contribution in [0.4, 0.5) is 10.2 Å². The third-order valence-electron chi connectivity index (χ3n) is 3.13. The van der Waals surface area contributed by atoms with E-state index < -0.39 is 0 Å². The molecule has 0 unspecified atom stereocenters. The van der Waals surface area contributed by atoms with E-state index in [9.17, 15) is 4.39 Å². The number of methoxy groups -OCH3 is 1. The van der Waals surface area contributed by atoms with Gasteiger partial charge in [-0.2, -0.15) is 0 Å². The Morgan fingerprint density at radius 3 is 2.90 bits per heavy atom. The minimum absolute atomic E-state index is 0.247. The van der Waals surface area contributed by atoms with E-state index in [2.05, 4.69) is 21.4 Å². The topological polar surface area (TPSA) is 47.0 Å². The Hall–Kier alpha value is -2.21. The highest BCUT2D eigenvalue weighted by Crippen LogP contribution is 2.27. The van der Waals surface area contributed by atoms with Gasteiger partial charge in [-0.25, -0.2) is 14.4 Å². The highest BCUT2D eigenvalue weighted by atomic mass is 32.1. The lowest BCUT2D eigenvalue weighted by molar-refractivity contribution is 0.386. The summed E-state index contributed by atoms with van der Waals surface area (Å²) in [5, 5.41) is 4.22. The van der Waals surface area contributed by atoms with E-state index >= 15 is 0 Å². The van der Waals surface area contributed by atoms with E-state index in [0.717, 1.165) is 21.6 Å². The van der Waals surface area contributed by atoms with Gasteiger partial charge in [-0.3, -0.25) is 0 Å². The van der Waals surface area contributed by atoms with E-state index in [4.69, 9.17) is 4.74 Å². The number of halogens is 1. The van der Waals surface area contributed by atoms with E-state index in [1.165, 1.54) is 24.4 Å². The number of benzene rings is 1. The van der Waals surface area contributed by atoms with Crippen molar-refractivity contribution in [3.8, 4) is 5.75 Å². The summed E-state index contributed by atoms with van der Waals surface area (Å²) >= 11 is 1.63. The molecule has 1 N–H and O–H groups in total. The van der Waals surface area contributed by atoms with Crippen LogP contribution in [-0.2, 0) is 6.54 Å². The summed E-state index contributed by atoms with van der Waals surface area (Å²) in [5.41, 5.74) is 0.826. The lowest BCUT2D eigenvalue weighted by Gasteiger charge is -2.08. The van der Waals surface area contributed by atoms with Gasteiger partial charge in [0.1, 0.15) is 17.0 Å².